The lowest BCUT2D eigenvalue weighted by atomic mass is 9.91. The molecular weight excluding hydrogens is 659 g/mol. The molecule has 0 saturated heterocycles. The monoisotopic (exact) mass is 689 g/mol. The zero-order valence-corrected chi connectivity index (χ0v) is 29.1. The third kappa shape index (κ3) is 4.78. The van der Waals surface area contributed by atoms with Gasteiger partial charge in [-0.15, -0.1) is 0 Å². The number of hydrogen-bond donors (Lipinski definition) is 0. The fourth-order valence-corrected chi connectivity index (χ4v) is 8.15. The molecule has 0 spiro atoms. The number of hydrogen-bond acceptors (Lipinski definition) is 3. The van der Waals surface area contributed by atoms with Gasteiger partial charge in [-0.3, -0.25) is 0 Å². The Balaban J connectivity index is 1.07. The van der Waals surface area contributed by atoms with Gasteiger partial charge in [-0.1, -0.05) is 152 Å². The van der Waals surface area contributed by atoms with E-state index in [-0.39, 0.29) is 0 Å². The number of fused-ring (bicyclic) bond motifs is 7. The van der Waals surface area contributed by atoms with E-state index in [1.807, 2.05) is 18.2 Å². The lowest BCUT2D eigenvalue weighted by Crippen LogP contribution is -1.97. The first-order chi connectivity index (χ1) is 26.8. The molecule has 0 radical (unpaired) electrons. The Morgan fingerprint density at radius 2 is 1.00 bits per heavy atom. The first-order valence-corrected chi connectivity index (χ1v) is 18.2. The lowest BCUT2D eigenvalue weighted by molar-refractivity contribution is 0.667. The molecule has 0 amide bonds. The Morgan fingerprint density at radius 3 is 1.72 bits per heavy atom. The molecule has 0 unspecified atom stereocenters. The second-order valence-electron chi connectivity index (χ2n) is 13.7. The lowest BCUT2D eigenvalue weighted by Gasteiger charge is -2.13. The van der Waals surface area contributed by atoms with Crippen LogP contribution in [0.3, 0.4) is 0 Å². The summed E-state index contributed by atoms with van der Waals surface area (Å²) in [4.78, 5) is 10.5. The van der Waals surface area contributed by atoms with Gasteiger partial charge in [-0.25, -0.2) is 9.97 Å². The van der Waals surface area contributed by atoms with Gasteiger partial charge in [-0.2, -0.15) is 0 Å². The maximum atomic E-state index is 6.52. The summed E-state index contributed by atoms with van der Waals surface area (Å²) in [6.45, 7) is 0. The Labute approximate surface area is 311 Å². The van der Waals surface area contributed by atoms with Crippen LogP contribution in [-0.4, -0.2) is 14.5 Å². The second-order valence-corrected chi connectivity index (χ2v) is 13.7. The third-order valence-electron chi connectivity index (χ3n) is 10.6. The van der Waals surface area contributed by atoms with Crippen LogP contribution in [0.1, 0.15) is 0 Å². The summed E-state index contributed by atoms with van der Waals surface area (Å²) in [6, 6.07) is 66.2. The van der Waals surface area contributed by atoms with Crippen LogP contribution in [0.4, 0.5) is 0 Å². The summed E-state index contributed by atoms with van der Waals surface area (Å²) in [5.41, 5.74) is 13.1. The van der Waals surface area contributed by atoms with Crippen molar-refractivity contribution in [2.45, 2.75) is 0 Å². The van der Waals surface area contributed by atoms with Crippen LogP contribution in [-0.2, 0) is 0 Å². The van der Waals surface area contributed by atoms with Crippen LogP contribution >= 0.6 is 0 Å². The van der Waals surface area contributed by atoms with Crippen molar-refractivity contribution in [3.8, 4) is 50.6 Å². The minimum Gasteiger partial charge on any atom is -0.452 e. The van der Waals surface area contributed by atoms with Crippen LogP contribution in [0, 0.1) is 0 Å². The zero-order chi connectivity index (χ0) is 35.6. The molecule has 0 aliphatic rings. The van der Waals surface area contributed by atoms with Crippen molar-refractivity contribution < 1.29 is 4.42 Å². The van der Waals surface area contributed by atoms with Gasteiger partial charge >= 0.3 is 0 Å². The highest BCUT2D eigenvalue weighted by atomic mass is 16.3. The highest BCUT2D eigenvalue weighted by Gasteiger charge is 2.20. The molecule has 252 valence electrons. The third-order valence-corrected chi connectivity index (χ3v) is 10.6. The fraction of sp³-hybridized carbons (Fsp3) is 0. The maximum absolute atomic E-state index is 6.52. The van der Waals surface area contributed by atoms with Gasteiger partial charge in [-0.05, 0) is 69.4 Å². The summed E-state index contributed by atoms with van der Waals surface area (Å²) in [5.74, 6) is 0.650. The van der Waals surface area contributed by atoms with E-state index in [4.69, 9.17) is 14.4 Å². The van der Waals surface area contributed by atoms with Crippen LogP contribution in [0.2, 0.25) is 0 Å². The molecule has 3 heterocycles. The Morgan fingerprint density at radius 1 is 0.426 bits per heavy atom. The van der Waals surface area contributed by atoms with Crippen molar-refractivity contribution in [1.82, 2.24) is 14.5 Å². The number of rotatable bonds is 5. The van der Waals surface area contributed by atoms with E-state index in [0.717, 1.165) is 55.6 Å². The van der Waals surface area contributed by atoms with Gasteiger partial charge in [0, 0.05) is 33.0 Å². The molecular formula is C50H31N3O. The van der Waals surface area contributed by atoms with Crippen molar-refractivity contribution in [3.63, 3.8) is 0 Å². The summed E-state index contributed by atoms with van der Waals surface area (Å²) in [7, 11) is 0. The highest BCUT2D eigenvalue weighted by molar-refractivity contribution is 6.10. The van der Waals surface area contributed by atoms with Gasteiger partial charge in [0.05, 0.1) is 11.0 Å². The molecule has 11 aromatic rings. The molecule has 3 aromatic heterocycles. The van der Waals surface area contributed by atoms with Crippen molar-refractivity contribution in [1.29, 1.82) is 0 Å². The maximum Gasteiger partial charge on any atom is 0.180 e. The van der Waals surface area contributed by atoms with Crippen LogP contribution in [0.5, 0.6) is 0 Å². The SMILES string of the molecule is c1ccc(-c2cccc3cccc(-c4ccc(-c5nc(-c6cccc(-n7c8ccccc8c8ccccc87)c6)nc6c5oc5ccccc56)cc4)c23)cc1. The van der Waals surface area contributed by atoms with Crippen molar-refractivity contribution in [2.75, 3.05) is 0 Å². The summed E-state index contributed by atoms with van der Waals surface area (Å²) >= 11 is 0. The van der Waals surface area contributed by atoms with E-state index in [2.05, 4.69) is 174 Å². The van der Waals surface area contributed by atoms with E-state index in [0.29, 0.717) is 11.4 Å². The van der Waals surface area contributed by atoms with Crippen LogP contribution < -0.4 is 0 Å². The smallest absolute Gasteiger partial charge is 0.180 e. The predicted octanol–water partition coefficient (Wildman–Crippen LogP) is 13.3. The number of furan rings is 1. The van der Waals surface area contributed by atoms with Gasteiger partial charge in [0.15, 0.2) is 11.4 Å². The number of nitrogens with zero attached hydrogens (tertiary/aromatic N) is 3. The summed E-state index contributed by atoms with van der Waals surface area (Å²) in [5, 5.41) is 5.88. The second kappa shape index (κ2) is 12.1. The van der Waals surface area contributed by atoms with E-state index >= 15 is 0 Å². The largest absolute Gasteiger partial charge is 0.452 e. The molecule has 0 fully saturated rings. The first kappa shape index (κ1) is 30.3. The number of para-hydroxylation sites is 3. The van der Waals surface area contributed by atoms with Crippen LogP contribution in [0.15, 0.2) is 192 Å². The number of aromatic nitrogens is 3. The van der Waals surface area contributed by atoms with Crippen LogP contribution in [0.25, 0.3) is 105 Å². The molecule has 0 saturated carbocycles. The Bertz CT molecular complexity index is 3150. The molecule has 4 nitrogen and oxygen atoms in total. The standard InChI is InChI=1S/C50H31N3O/c1-2-13-32(14-3-1)38-22-11-15-34-16-12-23-39(46(34)38)33-27-29-35(30-28-33)47-49-48(42-21-6-9-26-45(42)54-49)52-50(51-47)36-17-10-18-37(31-36)53-43-24-7-4-19-40(43)41-20-5-8-25-44(41)53/h1-31H. The van der Waals surface area contributed by atoms with E-state index in [1.54, 1.807) is 0 Å². The average molecular weight is 690 g/mol. The topological polar surface area (TPSA) is 43.9 Å². The molecule has 4 heteroatoms. The molecule has 0 N–H and O–H groups in total. The quantitative estimate of drug-likeness (QED) is 0.181. The minimum absolute atomic E-state index is 0.650. The van der Waals surface area contributed by atoms with Gasteiger partial charge in [0.1, 0.15) is 16.8 Å². The normalized spacial score (nSPS) is 11.7. The number of benzene rings is 8. The molecule has 8 aromatic carbocycles. The summed E-state index contributed by atoms with van der Waals surface area (Å²) < 4.78 is 8.85. The van der Waals surface area contributed by atoms with Gasteiger partial charge in [0.2, 0.25) is 0 Å². The minimum atomic E-state index is 0.650. The average Bonchev–Trinajstić information content (AvgIpc) is 3.79. The fourth-order valence-electron chi connectivity index (χ4n) is 8.15. The van der Waals surface area contributed by atoms with Crippen molar-refractivity contribution in [3.05, 3.63) is 188 Å². The zero-order valence-electron chi connectivity index (χ0n) is 29.1. The molecule has 0 aliphatic heterocycles. The van der Waals surface area contributed by atoms with Gasteiger partial charge < -0.3 is 8.98 Å². The van der Waals surface area contributed by atoms with Crippen molar-refractivity contribution in [2.24, 2.45) is 0 Å². The highest BCUT2D eigenvalue weighted by Crippen LogP contribution is 2.40. The van der Waals surface area contributed by atoms with Gasteiger partial charge in [0.25, 0.3) is 0 Å². The molecule has 0 bridgehead atoms. The molecule has 54 heavy (non-hydrogen) atoms. The first-order valence-electron chi connectivity index (χ1n) is 18.2. The summed E-state index contributed by atoms with van der Waals surface area (Å²) in [6.07, 6.45) is 0. The Kier molecular flexibility index (Phi) is 6.82. The molecule has 0 atom stereocenters. The van der Waals surface area contributed by atoms with E-state index < -0.39 is 0 Å². The Hall–Kier alpha value is -7.30. The van der Waals surface area contributed by atoms with E-state index in [9.17, 15) is 0 Å². The van der Waals surface area contributed by atoms with Crippen molar-refractivity contribution >= 4 is 54.6 Å². The molecule has 0 aliphatic carbocycles. The molecule has 11 rings (SSSR count). The van der Waals surface area contributed by atoms with E-state index in [1.165, 1.54) is 38.2 Å². The predicted molar refractivity (Wildman–Crippen MR) is 223 cm³/mol.